The number of nitrogens with two attached hydrogens (primary N) is 1. The highest BCUT2D eigenvalue weighted by atomic mass is 31.2. The van der Waals surface area contributed by atoms with Gasteiger partial charge in [0.1, 0.15) is 12.1 Å². The summed E-state index contributed by atoms with van der Waals surface area (Å²) in [4.78, 5) is 33.4. The van der Waals surface area contributed by atoms with Crippen molar-refractivity contribution < 1.29 is 42.7 Å². The molecule has 0 aromatic rings. The van der Waals surface area contributed by atoms with E-state index in [2.05, 4.69) is 67.0 Å². The van der Waals surface area contributed by atoms with E-state index in [-0.39, 0.29) is 13.0 Å². The molecule has 0 aromatic carbocycles. The zero-order valence-corrected chi connectivity index (χ0v) is 32.1. The van der Waals surface area contributed by atoms with Crippen LogP contribution in [0.2, 0.25) is 0 Å². The number of carbonyl (C=O) groups is 2. The van der Waals surface area contributed by atoms with E-state index in [1.165, 1.54) is 38.5 Å². The average Bonchev–Trinajstić information content (AvgIpc) is 3.09. The number of unbranched alkanes of at least 4 members (excludes halogenated alkanes) is 14. The Kier molecular flexibility index (Phi) is 33.9. The Morgan fingerprint density at radius 1 is 0.660 bits per heavy atom. The maximum absolute atomic E-state index is 12.6. The fourth-order valence-corrected chi connectivity index (χ4v) is 5.62. The average molecular weight is 728 g/mol. The Labute approximate surface area is 303 Å². The Bertz CT molecular complexity index is 983. The van der Waals surface area contributed by atoms with Crippen molar-refractivity contribution in [3.8, 4) is 0 Å². The predicted molar refractivity (Wildman–Crippen MR) is 203 cm³/mol. The monoisotopic (exact) mass is 727 g/mol. The summed E-state index contributed by atoms with van der Waals surface area (Å²) in [7, 11) is -4.62. The van der Waals surface area contributed by atoms with Crippen molar-refractivity contribution in [1.29, 1.82) is 0 Å². The lowest BCUT2D eigenvalue weighted by molar-refractivity contribution is -0.154. The smallest absolute Gasteiger partial charge is 0.472 e. The second-order valence-electron chi connectivity index (χ2n) is 12.7. The minimum atomic E-state index is -4.62. The number of carboxylic acid groups (broad SMARTS) is 1. The van der Waals surface area contributed by atoms with Crippen molar-refractivity contribution in [3.05, 3.63) is 48.6 Å². The van der Waals surface area contributed by atoms with Gasteiger partial charge in [-0.05, 0) is 70.6 Å². The Morgan fingerprint density at radius 3 is 1.76 bits per heavy atom. The van der Waals surface area contributed by atoms with E-state index < -0.39 is 45.1 Å². The molecule has 0 saturated carbocycles. The van der Waals surface area contributed by atoms with Gasteiger partial charge in [0.15, 0.2) is 0 Å². The molecule has 0 bridgehead atoms. The summed E-state index contributed by atoms with van der Waals surface area (Å²) in [5.41, 5.74) is 5.33. The van der Waals surface area contributed by atoms with Crippen LogP contribution >= 0.6 is 7.82 Å². The number of hydrogen-bond donors (Lipinski definition) is 3. The van der Waals surface area contributed by atoms with Gasteiger partial charge in [0.05, 0.1) is 19.8 Å². The second kappa shape index (κ2) is 35.3. The molecule has 0 aliphatic heterocycles. The van der Waals surface area contributed by atoms with Gasteiger partial charge in [-0.25, -0.2) is 4.57 Å². The number of ether oxygens (including phenoxy) is 2. The predicted octanol–water partition coefficient (Wildman–Crippen LogP) is 9.92. The number of rotatable bonds is 36. The lowest BCUT2D eigenvalue weighted by atomic mass is 10.1. The fourth-order valence-electron chi connectivity index (χ4n) is 4.85. The summed E-state index contributed by atoms with van der Waals surface area (Å²) < 4.78 is 33.2. The van der Waals surface area contributed by atoms with Crippen molar-refractivity contribution in [1.82, 2.24) is 0 Å². The summed E-state index contributed by atoms with van der Waals surface area (Å²) in [5, 5.41) is 8.86. The molecule has 3 atom stereocenters. The van der Waals surface area contributed by atoms with Crippen LogP contribution in [0.15, 0.2) is 48.6 Å². The number of carbonyl (C=O) groups excluding carboxylic acids is 1. The molecule has 10 nitrogen and oxygen atoms in total. The van der Waals surface area contributed by atoms with Gasteiger partial charge in [0.2, 0.25) is 0 Å². The first kappa shape index (κ1) is 47.9. The van der Waals surface area contributed by atoms with E-state index in [1.54, 1.807) is 0 Å². The van der Waals surface area contributed by atoms with Gasteiger partial charge in [0.25, 0.3) is 0 Å². The van der Waals surface area contributed by atoms with Crippen molar-refractivity contribution >= 4 is 19.8 Å². The largest absolute Gasteiger partial charge is 0.480 e. The number of carboxylic acids is 1. The van der Waals surface area contributed by atoms with Crippen LogP contribution in [-0.2, 0) is 32.7 Å². The van der Waals surface area contributed by atoms with Gasteiger partial charge in [0, 0.05) is 13.0 Å². The van der Waals surface area contributed by atoms with Crippen molar-refractivity contribution in [3.63, 3.8) is 0 Å². The number of phosphoric ester groups is 1. The summed E-state index contributed by atoms with van der Waals surface area (Å²) in [6.45, 7) is 3.67. The molecular weight excluding hydrogens is 657 g/mol. The Balaban J connectivity index is 4.37. The third kappa shape index (κ3) is 34.4. The molecule has 290 valence electrons. The second-order valence-corrected chi connectivity index (χ2v) is 14.1. The third-order valence-corrected chi connectivity index (χ3v) is 8.79. The van der Waals surface area contributed by atoms with Gasteiger partial charge < -0.3 is 25.2 Å². The van der Waals surface area contributed by atoms with Crippen LogP contribution in [0, 0.1) is 0 Å². The molecule has 0 amide bonds. The van der Waals surface area contributed by atoms with Crippen molar-refractivity contribution in [2.24, 2.45) is 5.73 Å². The molecule has 3 unspecified atom stereocenters. The van der Waals surface area contributed by atoms with Crippen molar-refractivity contribution in [2.45, 2.75) is 161 Å². The molecule has 0 saturated heterocycles. The molecule has 0 aromatic heterocycles. The van der Waals surface area contributed by atoms with E-state index in [4.69, 9.17) is 24.8 Å². The van der Waals surface area contributed by atoms with E-state index in [9.17, 15) is 19.0 Å². The van der Waals surface area contributed by atoms with Gasteiger partial charge in [-0.3, -0.25) is 18.6 Å². The summed E-state index contributed by atoms with van der Waals surface area (Å²) in [6, 6.07) is -1.48. The molecule has 0 aliphatic rings. The first-order valence-corrected chi connectivity index (χ1v) is 20.7. The minimum absolute atomic E-state index is 0.00285. The summed E-state index contributed by atoms with van der Waals surface area (Å²) in [5.74, 6) is -1.80. The normalized spacial score (nSPS) is 14.6. The molecule has 11 heteroatoms. The van der Waals surface area contributed by atoms with Gasteiger partial charge in [-0.2, -0.15) is 0 Å². The van der Waals surface area contributed by atoms with E-state index in [0.717, 1.165) is 83.5 Å². The van der Waals surface area contributed by atoms with Gasteiger partial charge >= 0.3 is 19.8 Å². The number of allylic oxidation sites excluding steroid dienone is 8. The highest BCUT2D eigenvalue weighted by Crippen LogP contribution is 2.43. The van der Waals surface area contributed by atoms with Crippen LogP contribution in [-0.4, -0.2) is 60.5 Å². The Hall–Kier alpha value is -2.07. The van der Waals surface area contributed by atoms with E-state index in [0.29, 0.717) is 13.0 Å². The number of aliphatic carboxylic acids is 1. The Morgan fingerprint density at radius 2 is 1.16 bits per heavy atom. The molecule has 0 aliphatic carbocycles. The fraction of sp³-hybridized carbons (Fsp3) is 0.744. The topological polar surface area (TPSA) is 155 Å². The first-order chi connectivity index (χ1) is 24.2. The van der Waals surface area contributed by atoms with Crippen LogP contribution in [0.1, 0.15) is 149 Å². The molecule has 0 spiro atoms. The van der Waals surface area contributed by atoms with Gasteiger partial charge in [-0.15, -0.1) is 0 Å². The van der Waals surface area contributed by atoms with Crippen molar-refractivity contribution in [2.75, 3.05) is 26.4 Å². The van der Waals surface area contributed by atoms with E-state index in [1.807, 2.05) is 0 Å². The van der Waals surface area contributed by atoms with E-state index >= 15 is 0 Å². The van der Waals surface area contributed by atoms with Crippen LogP contribution in [0.3, 0.4) is 0 Å². The molecule has 0 heterocycles. The molecule has 4 N–H and O–H groups in total. The van der Waals surface area contributed by atoms with Crippen LogP contribution in [0.25, 0.3) is 0 Å². The lowest BCUT2D eigenvalue weighted by Crippen LogP contribution is -2.34. The SMILES string of the molecule is CC/C=C\C/C=C\C/C=C\CCCCCCOCC(COP(=O)(O)OCC(N)C(=O)O)OC(=O)CCCCCCC/C=C\CCCCCCC. The maximum atomic E-state index is 12.6. The summed E-state index contributed by atoms with van der Waals surface area (Å²) in [6.07, 6.45) is 38.8. The highest BCUT2D eigenvalue weighted by molar-refractivity contribution is 7.47. The molecule has 0 rings (SSSR count). The lowest BCUT2D eigenvalue weighted by Gasteiger charge is -2.20. The highest BCUT2D eigenvalue weighted by Gasteiger charge is 2.27. The van der Waals surface area contributed by atoms with Crippen LogP contribution < -0.4 is 5.73 Å². The standard InChI is InChI=1S/C39H70NO9P/c1-3-5-7-9-11-13-15-17-19-21-23-25-27-29-31-38(41)49-36(34-47-50(44,45)48-35-37(40)39(42)43)33-46-32-30-28-26-24-22-20-18-16-14-12-10-8-6-4-2/h6,8,12,14-15,17-18,20,36-37H,3-5,7,9-11,13,16,19,21-35,40H2,1-2H3,(H,42,43)(H,44,45)/b8-6-,14-12-,17-15-,20-18-. The number of phosphoric acid groups is 1. The molecule has 0 radical (unpaired) electrons. The number of esters is 1. The van der Waals surface area contributed by atoms with Crippen LogP contribution in [0.5, 0.6) is 0 Å². The third-order valence-electron chi connectivity index (χ3n) is 7.84. The number of hydrogen-bond acceptors (Lipinski definition) is 8. The first-order valence-electron chi connectivity index (χ1n) is 19.2. The quantitative estimate of drug-likeness (QED) is 0.0246. The van der Waals surface area contributed by atoms with Crippen LogP contribution in [0.4, 0.5) is 0 Å². The van der Waals surface area contributed by atoms with Gasteiger partial charge in [-0.1, -0.05) is 120 Å². The maximum Gasteiger partial charge on any atom is 0.472 e. The zero-order valence-electron chi connectivity index (χ0n) is 31.2. The minimum Gasteiger partial charge on any atom is -0.480 e. The molecule has 50 heavy (non-hydrogen) atoms. The zero-order chi connectivity index (χ0) is 37.0. The molecular formula is C39H70NO9P. The summed E-state index contributed by atoms with van der Waals surface area (Å²) >= 11 is 0. The molecule has 0 fully saturated rings.